The zero-order chi connectivity index (χ0) is 15.2. The summed E-state index contributed by atoms with van der Waals surface area (Å²) in [5.41, 5.74) is 9.00. The number of nitrogens with two attached hydrogens (primary N) is 1. The van der Waals surface area contributed by atoms with Crippen molar-refractivity contribution < 1.29 is 9.53 Å². The Hall–Kier alpha value is -2.69. The Labute approximate surface area is 124 Å². The van der Waals surface area contributed by atoms with Crippen molar-refractivity contribution in [3.63, 3.8) is 0 Å². The van der Waals surface area contributed by atoms with Crippen molar-refractivity contribution in [2.45, 2.75) is 13.3 Å². The summed E-state index contributed by atoms with van der Waals surface area (Å²) in [6.07, 6.45) is 0.865. The molecule has 5 heteroatoms. The summed E-state index contributed by atoms with van der Waals surface area (Å²) in [6.45, 7) is 2.04. The van der Waals surface area contributed by atoms with E-state index in [1.54, 1.807) is 37.4 Å². The molecule has 0 atom stereocenters. The predicted molar refractivity (Wildman–Crippen MR) is 85.9 cm³/mol. The Morgan fingerprint density at radius 2 is 1.71 bits per heavy atom. The van der Waals surface area contributed by atoms with Gasteiger partial charge in [-0.25, -0.2) is 4.79 Å². The second-order valence-electron chi connectivity index (χ2n) is 4.57. The van der Waals surface area contributed by atoms with Gasteiger partial charge in [-0.05, 0) is 48.4 Å². The molecular formula is C16H19N3O2. The van der Waals surface area contributed by atoms with Crippen LogP contribution >= 0.6 is 0 Å². The molecule has 0 radical (unpaired) electrons. The fourth-order valence-corrected chi connectivity index (χ4v) is 1.96. The van der Waals surface area contributed by atoms with Gasteiger partial charge in [0.1, 0.15) is 5.75 Å². The van der Waals surface area contributed by atoms with Gasteiger partial charge < -0.3 is 21.1 Å². The van der Waals surface area contributed by atoms with Crippen LogP contribution in [0.4, 0.5) is 21.9 Å². The van der Waals surface area contributed by atoms with Crippen LogP contribution in [0.15, 0.2) is 42.5 Å². The van der Waals surface area contributed by atoms with Crippen LogP contribution in [0.5, 0.6) is 5.75 Å². The summed E-state index contributed by atoms with van der Waals surface area (Å²) >= 11 is 0. The van der Waals surface area contributed by atoms with Gasteiger partial charge in [-0.1, -0.05) is 13.0 Å². The number of rotatable bonds is 4. The number of hydrogen-bond acceptors (Lipinski definition) is 3. The molecule has 0 aromatic heterocycles. The van der Waals surface area contributed by atoms with E-state index in [2.05, 4.69) is 10.6 Å². The van der Waals surface area contributed by atoms with E-state index in [4.69, 9.17) is 10.5 Å². The molecule has 0 aliphatic rings. The first-order valence-corrected chi connectivity index (χ1v) is 6.73. The molecular weight excluding hydrogens is 266 g/mol. The van der Waals surface area contributed by atoms with Gasteiger partial charge in [0, 0.05) is 17.1 Å². The molecule has 110 valence electrons. The summed E-state index contributed by atoms with van der Waals surface area (Å²) in [7, 11) is 1.60. The fourth-order valence-electron chi connectivity index (χ4n) is 1.96. The standard InChI is InChI=1S/C16H19N3O2/c1-3-11-4-5-13(10-15(11)17)19-16(20)18-12-6-8-14(21-2)9-7-12/h4-10H,3,17H2,1-2H3,(H2,18,19,20). The molecule has 0 saturated heterocycles. The molecule has 2 amide bonds. The van der Waals surface area contributed by atoms with Crippen LogP contribution in [0.1, 0.15) is 12.5 Å². The SMILES string of the molecule is CCc1ccc(NC(=O)Nc2ccc(OC)cc2)cc1N. The van der Waals surface area contributed by atoms with Crippen LogP contribution in [-0.2, 0) is 6.42 Å². The second kappa shape index (κ2) is 6.65. The lowest BCUT2D eigenvalue weighted by molar-refractivity contribution is 0.262. The van der Waals surface area contributed by atoms with Crippen molar-refractivity contribution in [3.8, 4) is 5.75 Å². The van der Waals surface area contributed by atoms with Crippen LogP contribution in [0.2, 0.25) is 0 Å². The molecule has 0 fully saturated rings. The Kier molecular flexibility index (Phi) is 4.66. The van der Waals surface area contributed by atoms with Crippen LogP contribution < -0.4 is 21.1 Å². The Morgan fingerprint density at radius 1 is 1.10 bits per heavy atom. The highest BCUT2D eigenvalue weighted by molar-refractivity contribution is 6.00. The van der Waals surface area contributed by atoms with Gasteiger partial charge >= 0.3 is 6.03 Å². The van der Waals surface area contributed by atoms with Crippen molar-refractivity contribution in [2.24, 2.45) is 0 Å². The number of methoxy groups -OCH3 is 1. The Balaban J connectivity index is 1.99. The molecule has 5 nitrogen and oxygen atoms in total. The Morgan fingerprint density at radius 3 is 2.29 bits per heavy atom. The van der Waals surface area contributed by atoms with Crippen molar-refractivity contribution in [3.05, 3.63) is 48.0 Å². The van der Waals surface area contributed by atoms with Gasteiger partial charge in [-0.3, -0.25) is 0 Å². The zero-order valence-electron chi connectivity index (χ0n) is 12.1. The average molecular weight is 285 g/mol. The molecule has 0 unspecified atom stereocenters. The van der Waals surface area contributed by atoms with Gasteiger partial charge in [0.05, 0.1) is 7.11 Å². The fraction of sp³-hybridized carbons (Fsp3) is 0.188. The molecule has 2 aromatic rings. The topological polar surface area (TPSA) is 76.4 Å². The summed E-state index contributed by atoms with van der Waals surface area (Å²) < 4.78 is 5.06. The summed E-state index contributed by atoms with van der Waals surface area (Å²) in [6, 6.07) is 12.3. The molecule has 2 rings (SSSR count). The van der Waals surface area contributed by atoms with Gasteiger partial charge in [-0.15, -0.1) is 0 Å². The number of carbonyl (C=O) groups excluding carboxylic acids is 1. The van der Waals surface area contributed by atoms with Crippen molar-refractivity contribution in [2.75, 3.05) is 23.5 Å². The van der Waals surface area contributed by atoms with Crippen molar-refractivity contribution in [1.82, 2.24) is 0 Å². The average Bonchev–Trinajstić information content (AvgIpc) is 2.48. The Bertz CT molecular complexity index is 624. The highest BCUT2D eigenvalue weighted by Gasteiger charge is 2.04. The number of aryl methyl sites for hydroxylation is 1. The molecule has 0 saturated carbocycles. The van der Waals surface area contributed by atoms with E-state index in [9.17, 15) is 4.79 Å². The quantitative estimate of drug-likeness (QED) is 0.753. The highest BCUT2D eigenvalue weighted by Crippen LogP contribution is 2.19. The minimum Gasteiger partial charge on any atom is -0.497 e. The molecule has 0 spiro atoms. The van der Waals surface area contributed by atoms with E-state index in [1.807, 2.05) is 19.1 Å². The summed E-state index contributed by atoms with van der Waals surface area (Å²) in [5.74, 6) is 0.740. The number of nitrogens with one attached hydrogen (secondary N) is 2. The van der Waals surface area contributed by atoms with Crippen LogP contribution in [0.25, 0.3) is 0 Å². The highest BCUT2D eigenvalue weighted by atomic mass is 16.5. The first-order valence-electron chi connectivity index (χ1n) is 6.73. The summed E-state index contributed by atoms with van der Waals surface area (Å²) in [4.78, 5) is 11.9. The molecule has 0 aliphatic carbocycles. The number of amides is 2. The monoisotopic (exact) mass is 285 g/mol. The van der Waals surface area contributed by atoms with Gasteiger partial charge in [0.2, 0.25) is 0 Å². The van der Waals surface area contributed by atoms with Crippen LogP contribution in [-0.4, -0.2) is 13.1 Å². The normalized spacial score (nSPS) is 10.0. The van der Waals surface area contributed by atoms with E-state index in [0.29, 0.717) is 17.1 Å². The lowest BCUT2D eigenvalue weighted by Crippen LogP contribution is -2.19. The van der Waals surface area contributed by atoms with E-state index in [0.717, 1.165) is 17.7 Å². The van der Waals surface area contributed by atoms with E-state index < -0.39 is 0 Å². The van der Waals surface area contributed by atoms with Crippen molar-refractivity contribution in [1.29, 1.82) is 0 Å². The third-order valence-corrected chi connectivity index (χ3v) is 3.13. The first-order chi connectivity index (χ1) is 10.1. The number of ether oxygens (including phenoxy) is 1. The lowest BCUT2D eigenvalue weighted by Gasteiger charge is -2.10. The number of benzene rings is 2. The maximum absolute atomic E-state index is 11.9. The first kappa shape index (κ1) is 14.7. The maximum Gasteiger partial charge on any atom is 0.323 e. The minimum absolute atomic E-state index is 0.316. The molecule has 0 bridgehead atoms. The number of hydrogen-bond donors (Lipinski definition) is 3. The third-order valence-electron chi connectivity index (χ3n) is 3.13. The zero-order valence-corrected chi connectivity index (χ0v) is 12.1. The number of carbonyl (C=O) groups is 1. The second-order valence-corrected chi connectivity index (χ2v) is 4.57. The maximum atomic E-state index is 11.9. The van der Waals surface area contributed by atoms with Crippen LogP contribution in [0, 0.1) is 0 Å². The van der Waals surface area contributed by atoms with Gasteiger partial charge in [0.25, 0.3) is 0 Å². The molecule has 4 N–H and O–H groups in total. The molecule has 2 aromatic carbocycles. The van der Waals surface area contributed by atoms with E-state index in [-0.39, 0.29) is 6.03 Å². The largest absolute Gasteiger partial charge is 0.497 e. The van der Waals surface area contributed by atoms with E-state index >= 15 is 0 Å². The van der Waals surface area contributed by atoms with Gasteiger partial charge in [-0.2, -0.15) is 0 Å². The number of nitrogen functional groups attached to an aromatic ring is 1. The van der Waals surface area contributed by atoms with Crippen LogP contribution in [0.3, 0.4) is 0 Å². The summed E-state index contributed by atoms with van der Waals surface area (Å²) in [5, 5.41) is 5.49. The predicted octanol–water partition coefficient (Wildman–Crippen LogP) is 3.48. The van der Waals surface area contributed by atoms with E-state index in [1.165, 1.54) is 0 Å². The van der Waals surface area contributed by atoms with Crippen molar-refractivity contribution >= 4 is 23.1 Å². The molecule has 0 aliphatic heterocycles. The minimum atomic E-state index is -0.316. The smallest absolute Gasteiger partial charge is 0.323 e. The third kappa shape index (κ3) is 3.89. The number of urea groups is 1. The molecule has 21 heavy (non-hydrogen) atoms. The molecule has 0 heterocycles. The number of anilines is 3. The lowest BCUT2D eigenvalue weighted by atomic mass is 10.1. The van der Waals surface area contributed by atoms with Gasteiger partial charge in [0.15, 0.2) is 0 Å².